The first-order valence-electron chi connectivity index (χ1n) is 12.7. The van der Waals surface area contributed by atoms with E-state index in [4.69, 9.17) is 23.7 Å². The highest BCUT2D eigenvalue weighted by Crippen LogP contribution is 2.30. The van der Waals surface area contributed by atoms with Crippen molar-refractivity contribution in [3.05, 3.63) is 36.0 Å². The lowest BCUT2D eigenvalue weighted by Gasteiger charge is -2.29. The van der Waals surface area contributed by atoms with E-state index in [9.17, 15) is 19.2 Å². The molecule has 214 valence electrons. The molecule has 0 aromatic rings. The fraction of sp³-hybridized carbons (Fsp3) is 0.655. The lowest BCUT2D eigenvalue weighted by atomic mass is 9.78. The number of ether oxygens (including phenoxy) is 5. The molecule has 0 N–H and O–H groups in total. The molecule has 0 bridgehead atoms. The number of ketones is 1. The van der Waals surface area contributed by atoms with E-state index in [1.807, 2.05) is 0 Å². The first kappa shape index (κ1) is 33.2. The molecular formula is C29H44O9. The van der Waals surface area contributed by atoms with Gasteiger partial charge in [0, 0.05) is 25.4 Å². The van der Waals surface area contributed by atoms with Crippen molar-refractivity contribution in [2.45, 2.75) is 73.5 Å². The Kier molecular flexibility index (Phi) is 13.1. The summed E-state index contributed by atoms with van der Waals surface area (Å²) in [7, 11) is 2.75. The van der Waals surface area contributed by atoms with Gasteiger partial charge in [-0.1, -0.05) is 29.9 Å². The molecular weight excluding hydrogens is 492 g/mol. The summed E-state index contributed by atoms with van der Waals surface area (Å²) >= 11 is 0. The van der Waals surface area contributed by atoms with E-state index >= 15 is 0 Å². The molecule has 0 aromatic carbocycles. The summed E-state index contributed by atoms with van der Waals surface area (Å²) in [5.41, 5.74) is -0.990. The molecule has 0 heterocycles. The third-order valence-corrected chi connectivity index (χ3v) is 6.09. The summed E-state index contributed by atoms with van der Waals surface area (Å²) in [6, 6.07) is 0. The van der Waals surface area contributed by atoms with Gasteiger partial charge in [-0.05, 0) is 60.5 Å². The van der Waals surface area contributed by atoms with Gasteiger partial charge in [0.15, 0.2) is 5.78 Å². The van der Waals surface area contributed by atoms with E-state index in [0.717, 1.165) is 0 Å². The smallest absolute Gasteiger partial charge is 0.316 e. The first-order valence-corrected chi connectivity index (χ1v) is 12.7. The van der Waals surface area contributed by atoms with Gasteiger partial charge in [-0.25, -0.2) is 0 Å². The maximum Gasteiger partial charge on any atom is 0.316 e. The molecule has 1 aliphatic rings. The van der Waals surface area contributed by atoms with Gasteiger partial charge in [-0.3, -0.25) is 19.2 Å². The van der Waals surface area contributed by atoms with E-state index in [-0.39, 0.29) is 38.0 Å². The van der Waals surface area contributed by atoms with E-state index < -0.39 is 46.8 Å². The topological polar surface area (TPSA) is 114 Å². The predicted molar refractivity (Wildman–Crippen MR) is 142 cm³/mol. The molecule has 0 fully saturated rings. The molecule has 0 spiro atoms. The maximum absolute atomic E-state index is 13.4. The van der Waals surface area contributed by atoms with Gasteiger partial charge in [-0.15, -0.1) is 0 Å². The highest BCUT2D eigenvalue weighted by Gasteiger charge is 2.37. The molecule has 1 aliphatic carbocycles. The number of methoxy groups -OCH3 is 2. The Hall–Kier alpha value is -2.78. The van der Waals surface area contributed by atoms with Crippen molar-refractivity contribution in [3.8, 4) is 0 Å². The number of carbonyl (C=O) groups is 4. The van der Waals surface area contributed by atoms with Gasteiger partial charge in [0.05, 0.1) is 25.2 Å². The summed E-state index contributed by atoms with van der Waals surface area (Å²) in [6.07, 6.45) is 7.71. The van der Waals surface area contributed by atoms with Crippen molar-refractivity contribution >= 4 is 23.7 Å². The molecule has 0 aromatic heterocycles. The molecule has 9 heteroatoms. The molecule has 38 heavy (non-hydrogen) atoms. The van der Waals surface area contributed by atoms with Crippen LogP contribution in [0.5, 0.6) is 0 Å². The fourth-order valence-electron chi connectivity index (χ4n) is 3.99. The van der Waals surface area contributed by atoms with Crippen LogP contribution < -0.4 is 0 Å². The molecule has 9 nitrogen and oxygen atoms in total. The lowest BCUT2D eigenvalue weighted by Crippen LogP contribution is -2.36. The van der Waals surface area contributed by atoms with Crippen LogP contribution in [0, 0.1) is 22.7 Å². The largest absolute Gasteiger partial charge is 0.468 e. The Morgan fingerprint density at radius 2 is 1.76 bits per heavy atom. The Balaban J connectivity index is 3.59. The van der Waals surface area contributed by atoms with Gasteiger partial charge in [-0.2, -0.15) is 0 Å². The fourth-order valence-corrected chi connectivity index (χ4v) is 3.99. The minimum absolute atomic E-state index is 0.0119. The summed E-state index contributed by atoms with van der Waals surface area (Å²) in [5, 5.41) is 0. The third kappa shape index (κ3) is 10.9. The Morgan fingerprint density at radius 1 is 1.11 bits per heavy atom. The van der Waals surface area contributed by atoms with Crippen molar-refractivity contribution in [1.29, 1.82) is 0 Å². The van der Waals surface area contributed by atoms with E-state index in [1.54, 1.807) is 71.9 Å². The zero-order valence-electron chi connectivity index (χ0n) is 24.2. The Bertz CT molecular complexity index is 921. The second-order valence-corrected chi connectivity index (χ2v) is 11.2. The van der Waals surface area contributed by atoms with E-state index in [0.29, 0.717) is 5.57 Å². The van der Waals surface area contributed by atoms with Crippen molar-refractivity contribution in [2.75, 3.05) is 27.6 Å². The summed E-state index contributed by atoms with van der Waals surface area (Å²) in [4.78, 5) is 50.4. The number of hydrogen-bond acceptors (Lipinski definition) is 9. The van der Waals surface area contributed by atoms with Crippen LogP contribution in [0.15, 0.2) is 36.0 Å². The van der Waals surface area contributed by atoms with Crippen LogP contribution in [0.1, 0.15) is 61.3 Å². The Morgan fingerprint density at radius 3 is 2.32 bits per heavy atom. The number of esters is 3. The molecule has 0 radical (unpaired) electrons. The van der Waals surface area contributed by atoms with Crippen LogP contribution >= 0.6 is 0 Å². The van der Waals surface area contributed by atoms with Gasteiger partial charge in [0.25, 0.3) is 0 Å². The van der Waals surface area contributed by atoms with Gasteiger partial charge in [0.1, 0.15) is 18.8 Å². The van der Waals surface area contributed by atoms with Crippen molar-refractivity contribution in [2.24, 2.45) is 22.7 Å². The second-order valence-electron chi connectivity index (χ2n) is 11.2. The van der Waals surface area contributed by atoms with Gasteiger partial charge < -0.3 is 23.7 Å². The third-order valence-electron chi connectivity index (χ3n) is 6.09. The summed E-state index contributed by atoms with van der Waals surface area (Å²) < 4.78 is 27.2. The monoisotopic (exact) mass is 536 g/mol. The maximum atomic E-state index is 13.4. The van der Waals surface area contributed by atoms with Gasteiger partial charge in [0.2, 0.25) is 0 Å². The van der Waals surface area contributed by atoms with Crippen LogP contribution in [-0.2, 0) is 42.9 Å². The molecule has 1 unspecified atom stereocenters. The predicted octanol–water partition coefficient (Wildman–Crippen LogP) is 4.35. The van der Waals surface area contributed by atoms with Crippen LogP contribution in [0.25, 0.3) is 0 Å². The van der Waals surface area contributed by atoms with Crippen LogP contribution in [0.4, 0.5) is 0 Å². The number of hydrogen-bond donors (Lipinski definition) is 0. The van der Waals surface area contributed by atoms with Gasteiger partial charge >= 0.3 is 17.9 Å². The summed E-state index contributed by atoms with van der Waals surface area (Å²) in [5.74, 6) is -3.23. The van der Waals surface area contributed by atoms with Crippen molar-refractivity contribution < 1.29 is 42.9 Å². The van der Waals surface area contributed by atoms with Crippen molar-refractivity contribution in [1.82, 2.24) is 0 Å². The van der Waals surface area contributed by atoms with E-state index in [1.165, 1.54) is 21.1 Å². The molecule has 0 amide bonds. The Labute approximate surface area is 226 Å². The molecule has 4 atom stereocenters. The van der Waals surface area contributed by atoms with Crippen molar-refractivity contribution in [3.63, 3.8) is 0 Å². The highest BCUT2D eigenvalue weighted by molar-refractivity contribution is 6.02. The number of rotatable bonds is 7. The normalized spacial score (nSPS) is 27.7. The minimum atomic E-state index is -1.03. The van der Waals surface area contributed by atoms with Crippen LogP contribution in [-0.4, -0.2) is 63.5 Å². The first-order chi connectivity index (χ1) is 17.6. The molecule has 0 saturated carbocycles. The minimum Gasteiger partial charge on any atom is -0.468 e. The zero-order valence-corrected chi connectivity index (χ0v) is 24.2. The molecule has 0 saturated heterocycles. The SMILES string of the molecule is COCO[C@@H]1/C=C/C=C/C(C)(C)C(=O)C(C(=O)OC)C/C(C)=C/[C@H](OC(C)=O)C[C@@H]1COC(=O)C(C)(C)C. The second kappa shape index (κ2) is 15.0. The summed E-state index contributed by atoms with van der Waals surface area (Å²) in [6.45, 7) is 11.8. The van der Waals surface area contributed by atoms with Crippen LogP contribution in [0.2, 0.25) is 0 Å². The lowest BCUT2D eigenvalue weighted by molar-refractivity contribution is -0.159. The number of allylic oxidation sites excluding steroid dienone is 4. The standard InChI is InChI=1S/C29H44O9/c1-19-14-22(38-20(2)30)16-21(17-36-27(33)28(3,4)5)24(37-18-34-8)12-10-11-13-29(6,7)25(31)23(15-19)26(32)35-9/h10-14,21-24H,15-18H2,1-9H3/b12-10+,13-11+,19-14+/t21-,22+,23?,24-/m1/s1. The van der Waals surface area contributed by atoms with Crippen LogP contribution in [0.3, 0.4) is 0 Å². The average Bonchev–Trinajstić information content (AvgIpc) is 2.81. The molecule has 0 aliphatic heterocycles. The average molecular weight is 537 g/mol. The zero-order chi connectivity index (χ0) is 29.1. The highest BCUT2D eigenvalue weighted by atomic mass is 16.7. The quantitative estimate of drug-likeness (QED) is 0.154. The van der Waals surface area contributed by atoms with E-state index in [2.05, 4.69) is 0 Å². The number of Topliss-reactive ketones (excluding diaryl/α,β-unsaturated/α-hetero) is 1. The molecule has 1 rings (SSSR count). The number of carbonyl (C=O) groups excluding carboxylic acids is 4.